The molecule has 0 radical (unpaired) electrons. The number of esters is 1. The minimum atomic E-state index is -1.92. The second-order valence-corrected chi connectivity index (χ2v) is 15.1. The summed E-state index contributed by atoms with van der Waals surface area (Å²) in [6.07, 6.45) is 2.44. The predicted molar refractivity (Wildman–Crippen MR) is 124 cm³/mol. The molecule has 0 amide bonds. The van der Waals surface area contributed by atoms with Gasteiger partial charge in [-0.25, -0.2) is 14.8 Å². The number of carbonyl (C=O) groups is 1. The average molecular weight is 446 g/mol. The third-order valence-electron chi connectivity index (χ3n) is 6.41. The molecule has 170 valence electrons. The normalized spacial score (nSPS) is 15.4. The van der Waals surface area contributed by atoms with Crippen molar-refractivity contribution in [2.45, 2.75) is 78.1 Å². The van der Waals surface area contributed by atoms with Gasteiger partial charge in [-0.3, -0.25) is 4.68 Å². The number of aromatic nitrogens is 4. The molecule has 1 aliphatic carbocycles. The minimum Gasteiger partial charge on any atom is -0.461 e. The zero-order chi connectivity index (χ0) is 23.2. The van der Waals surface area contributed by atoms with Crippen LogP contribution in [-0.4, -0.2) is 47.2 Å². The van der Waals surface area contributed by atoms with Gasteiger partial charge in [-0.15, -0.1) is 0 Å². The molecule has 0 fully saturated rings. The monoisotopic (exact) mass is 445 g/mol. The topological polar surface area (TPSA) is 105 Å². The number of hydrogen-bond acceptors (Lipinski definition) is 7. The molecule has 0 aliphatic heterocycles. The molecule has 2 aromatic rings. The number of anilines is 1. The van der Waals surface area contributed by atoms with Gasteiger partial charge in [-0.05, 0) is 42.5 Å². The summed E-state index contributed by atoms with van der Waals surface area (Å²) in [5.41, 5.74) is 9.20. The van der Waals surface area contributed by atoms with E-state index in [4.69, 9.17) is 20.0 Å². The van der Waals surface area contributed by atoms with Crippen LogP contribution < -0.4 is 5.73 Å². The number of ether oxygens (including phenoxy) is 1. The van der Waals surface area contributed by atoms with Crippen molar-refractivity contribution in [3.63, 3.8) is 0 Å². The number of rotatable bonds is 6. The quantitative estimate of drug-likeness (QED) is 0.530. The number of carbonyl (C=O) groups excluding carboxylic acids is 1. The van der Waals surface area contributed by atoms with Crippen molar-refractivity contribution in [2.75, 3.05) is 18.9 Å². The highest BCUT2D eigenvalue weighted by Gasteiger charge is 2.41. The molecule has 3 rings (SSSR count). The van der Waals surface area contributed by atoms with Gasteiger partial charge >= 0.3 is 5.97 Å². The summed E-state index contributed by atoms with van der Waals surface area (Å²) >= 11 is 0. The first-order valence-electron chi connectivity index (χ1n) is 10.8. The molecule has 0 bridgehead atoms. The van der Waals surface area contributed by atoms with Crippen LogP contribution in [0.25, 0.3) is 11.4 Å². The molecule has 2 heterocycles. The second-order valence-electron chi connectivity index (χ2n) is 10.3. The molecule has 1 aliphatic rings. The van der Waals surface area contributed by atoms with E-state index in [0.29, 0.717) is 43.3 Å². The minimum absolute atomic E-state index is 0.107. The van der Waals surface area contributed by atoms with Crippen LogP contribution in [0.4, 0.5) is 5.95 Å². The summed E-state index contributed by atoms with van der Waals surface area (Å²) in [6.45, 7) is 18.3. The van der Waals surface area contributed by atoms with E-state index in [9.17, 15) is 4.79 Å². The SMILES string of the molecule is CCOC(=O)c1c2c(nn1CCO[Si](C)(C)C(C)(C)C)-c1nc(N)ncc1CC2(C)C. The van der Waals surface area contributed by atoms with Crippen LogP contribution >= 0.6 is 0 Å². The van der Waals surface area contributed by atoms with Crippen molar-refractivity contribution in [1.82, 2.24) is 19.7 Å². The Kier molecular flexibility index (Phi) is 6.05. The molecule has 9 heteroatoms. The number of nitrogens with zero attached hydrogens (tertiary/aromatic N) is 4. The molecule has 0 saturated heterocycles. The lowest BCUT2D eigenvalue weighted by Crippen LogP contribution is -2.41. The largest absolute Gasteiger partial charge is 0.461 e. The van der Waals surface area contributed by atoms with E-state index in [1.54, 1.807) is 17.8 Å². The van der Waals surface area contributed by atoms with Crippen LogP contribution in [0.1, 0.15) is 63.2 Å². The number of nitrogens with two attached hydrogens (primary N) is 1. The first-order valence-corrected chi connectivity index (χ1v) is 13.7. The number of hydrogen-bond donors (Lipinski definition) is 1. The molecule has 0 atom stereocenters. The Morgan fingerprint density at radius 1 is 1.29 bits per heavy atom. The number of nitrogen functional groups attached to an aromatic ring is 1. The maximum atomic E-state index is 13.0. The lowest BCUT2D eigenvalue weighted by molar-refractivity contribution is 0.0507. The summed E-state index contributed by atoms with van der Waals surface area (Å²) in [5.74, 6) is -0.181. The van der Waals surface area contributed by atoms with Gasteiger partial charge in [-0.1, -0.05) is 34.6 Å². The third-order valence-corrected chi connectivity index (χ3v) is 10.9. The first-order chi connectivity index (χ1) is 14.3. The molecular weight excluding hydrogens is 410 g/mol. The number of fused-ring (bicyclic) bond motifs is 3. The third kappa shape index (κ3) is 4.38. The van der Waals surface area contributed by atoms with Gasteiger partial charge in [0.2, 0.25) is 5.95 Å². The van der Waals surface area contributed by atoms with Crippen molar-refractivity contribution < 1.29 is 14.0 Å². The van der Waals surface area contributed by atoms with E-state index in [2.05, 4.69) is 57.7 Å². The van der Waals surface area contributed by atoms with Crippen molar-refractivity contribution >= 4 is 20.2 Å². The van der Waals surface area contributed by atoms with Gasteiger partial charge < -0.3 is 14.9 Å². The maximum Gasteiger partial charge on any atom is 0.356 e. The van der Waals surface area contributed by atoms with Crippen molar-refractivity contribution in [3.8, 4) is 11.4 Å². The lowest BCUT2D eigenvalue weighted by atomic mass is 9.73. The van der Waals surface area contributed by atoms with E-state index < -0.39 is 8.32 Å². The van der Waals surface area contributed by atoms with Gasteiger partial charge in [0.25, 0.3) is 0 Å². The van der Waals surface area contributed by atoms with Crippen molar-refractivity contribution in [2.24, 2.45) is 0 Å². The standard InChI is InChI=1S/C22H35N5O3Si/c1-9-29-19(28)18-15-17(16-14(12-22(15,5)6)13-24-20(23)25-16)26-27(18)10-11-30-31(7,8)21(2,3)4/h13H,9-12H2,1-8H3,(H2,23,24,25). The van der Waals surface area contributed by atoms with Gasteiger partial charge in [-0.2, -0.15) is 5.10 Å². The van der Waals surface area contributed by atoms with Crippen LogP contribution in [0, 0.1) is 0 Å². The highest BCUT2D eigenvalue weighted by Crippen LogP contribution is 2.44. The van der Waals surface area contributed by atoms with Crippen molar-refractivity contribution in [1.29, 1.82) is 0 Å². The van der Waals surface area contributed by atoms with E-state index in [1.165, 1.54) is 0 Å². The predicted octanol–water partition coefficient (Wildman–Crippen LogP) is 3.95. The van der Waals surface area contributed by atoms with Crippen LogP contribution in [-0.2, 0) is 27.5 Å². The molecule has 0 unspecified atom stereocenters. The second kappa shape index (κ2) is 8.02. The molecule has 8 nitrogen and oxygen atoms in total. The van der Waals surface area contributed by atoms with E-state index in [1.807, 2.05) is 0 Å². The molecule has 2 N–H and O–H groups in total. The Hall–Kier alpha value is -2.26. The van der Waals surface area contributed by atoms with E-state index in [0.717, 1.165) is 11.1 Å². The fraction of sp³-hybridized carbons (Fsp3) is 0.636. The Morgan fingerprint density at radius 3 is 2.58 bits per heavy atom. The van der Waals surface area contributed by atoms with Gasteiger partial charge in [0, 0.05) is 11.8 Å². The summed E-state index contributed by atoms with van der Waals surface area (Å²) < 4.78 is 13.5. The average Bonchev–Trinajstić information content (AvgIpc) is 3.02. The molecule has 31 heavy (non-hydrogen) atoms. The first kappa shape index (κ1) is 23.4. The molecule has 0 saturated carbocycles. The zero-order valence-corrected chi connectivity index (χ0v) is 21.0. The Balaban J connectivity index is 2.06. The highest BCUT2D eigenvalue weighted by atomic mass is 28.4. The van der Waals surface area contributed by atoms with E-state index in [-0.39, 0.29) is 22.4 Å². The van der Waals surface area contributed by atoms with Gasteiger partial charge in [0.05, 0.1) is 25.5 Å². The van der Waals surface area contributed by atoms with Crippen LogP contribution in [0.3, 0.4) is 0 Å². The van der Waals surface area contributed by atoms with Gasteiger partial charge in [0.1, 0.15) is 5.69 Å². The Morgan fingerprint density at radius 2 is 1.97 bits per heavy atom. The fourth-order valence-corrected chi connectivity index (χ4v) is 4.80. The van der Waals surface area contributed by atoms with Crippen LogP contribution in [0.2, 0.25) is 18.1 Å². The Labute approximate surface area is 185 Å². The zero-order valence-electron chi connectivity index (χ0n) is 20.0. The molecular formula is C22H35N5O3Si. The van der Waals surface area contributed by atoms with Crippen LogP contribution in [0.15, 0.2) is 6.20 Å². The summed E-state index contributed by atoms with van der Waals surface area (Å²) in [5, 5.41) is 4.93. The Bertz CT molecular complexity index is 992. The fourth-order valence-electron chi connectivity index (χ4n) is 3.76. The van der Waals surface area contributed by atoms with Crippen molar-refractivity contribution in [3.05, 3.63) is 23.0 Å². The molecule has 0 aromatic carbocycles. The van der Waals surface area contributed by atoms with Gasteiger partial charge in [0.15, 0.2) is 14.0 Å². The smallest absolute Gasteiger partial charge is 0.356 e. The molecule has 0 spiro atoms. The highest BCUT2D eigenvalue weighted by molar-refractivity contribution is 6.74. The summed E-state index contributed by atoms with van der Waals surface area (Å²) in [6, 6.07) is 0. The van der Waals surface area contributed by atoms with Crippen LogP contribution in [0.5, 0.6) is 0 Å². The van der Waals surface area contributed by atoms with E-state index >= 15 is 0 Å². The maximum absolute atomic E-state index is 13.0. The molecule has 2 aromatic heterocycles. The lowest BCUT2D eigenvalue weighted by Gasteiger charge is -2.36. The summed E-state index contributed by atoms with van der Waals surface area (Å²) in [4.78, 5) is 21.6. The summed E-state index contributed by atoms with van der Waals surface area (Å²) in [7, 11) is -1.92.